The Hall–Kier alpha value is -5.54. The highest BCUT2D eigenvalue weighted by Crippen LogP contribution is 2.36. The molecule has 8 nitrogen and oxygen atoms in total. The minimum atomic E-state index is -0.845. The summed E-state index contributed by atoms with van der Waals surface area (Å²) in [6.07, 6.45) is 4.09. The zero-order valence-corrected chi connectivity index (χ0v) is 29.4. The molecular weight excluding hydrogens is 657 g/mol. The largest absolute Gasteiger partial charge is 0.493 e. The predicted octanol–water partition coefficient (Wildman–Crippen LogP) is 8.66. The number of ether oxygens (including phenoxy) is 2. The molecule has 0 aliphatic heterocycles. The number of nitrogens with one attached hydrogen (secondary N) is 1. The molecule has 0 amide bonds. The first-order valence-corrected chi connectivity index (χ1v) is 18.1. The van der Waals surface area contributed by atoms with Crippen molar-refractivity contribution < 1.29 is 19.4 Å². The van der Waals surface area contributed by atoms with Gasteiger partial charge in [-0.25, -0.2) is 0 Å². The van der Waals surface area contributed by atoms with E-state index in [1.54, 1.807) is 0 Å². The molecule has 51 heavy (non-hydrogen) atoms. The van der Waals surface area contributed by atoms with E-state index in [1.165, 1.54) is 34.0 Å². The molecule has 1 heterocycles. The second-order valence-electron chi connectivity index (χ2n) is 12.6. The standard InChI is InChI=1S/C42H40N4O4S/c1-29-15-22-38(37-14-8-13-36(29)37)50-28-40-44-45-42(46(40)34-11-6-3-7-12-34)51-35-21-18-32(27-43-33-19-16-31(17-20-33)25-41(47)48)39(26-35)49-24-23-30-9-4-2-5-10-30/h2-7,9-12,15-22,26,43H,8,13-14,23-25,27-28H2,1H3,(H,47,48). The number of anilines is 1. The number of hydrogen-bond acceptors (Lipinski definition) is 7. The molecule has 6 aromatic rings. The van der Waals surface area contributed by atoms with Crippen LogP contribution in [0.3, 0.4) is 0 Å². The lowest BCUT2D eigenvalue weighted by molar-refractivity contribution is -0.136. The molecule has 0 saturated carbocycles. The third-order valence-electron chi connectivity index (χ3n) is 9.08. The van der Waals surface area contributed by atoms with Crippen LogP contribution in [0.15, 0.2) is 125 Å². The highest BCUT2D eigenvalue weighted by Gasteiger charge is 2.21. The van der Waals surface area contributed by atoms with Crippen molar-refractivity contribution in [2.75, 3.05) is 11.9 Å². The number of para-hydroxylation sites is 1. The van der Waals surface area contributed by atoms with Crippen molar-refractivity contribution in [2.24, 2.45) is 0 Å². The zero-order chi connectivity index (χ0) is 35.0. The molecule has 7 rings (SSSR count). The monoisotopic (exact) mass is 696 g/mol. The minimum absolute atomic E-state index is 0.000120. The topological polar surface area (TPSA) is 98.5 Å². The number of nitrogens with zero attached hydrogens (tertiary/aromatic N) is 3. The van der Waals surface area contributed by atoms with E-state index in [0.29, 0.717) is 19.8 Å². The smallest absolute Gasteiger partial charge is 0.307 e. The lowest BCUT2D eigenvalue weighted by Crippen LogP contribution is -2.08. The summed E-state index contributed by atoms with van der Waals surface area (Å²) in [5, 5.41) is 22.6. The van der Waals surface area contributed by atoms with Crippen molar-refractivity contribution in [3.05, 3.63) is 154 Å². The van der Waals surface area contributed by atoms with Crippen LogP contribution >= 0.6 is 11.8 Å². The molecule has 0 saturated heterocycles. The van der Waals surface area contributed by atoms with E-state index in [-0.39, 0.29) is 6.42 Å². The first kappa shape index (κ1) is 33.9. The van der Waals surface area contributed by atoms with E-state index in [2.05, 4.69) is 81.6 Å². The maximum Gasteiger partial charge on any atom is 0.307 e. The van der Waals surface area contributed by atoms with Gasteiger partial charge in [-0.2, -0.15) is 0 Å². The number of hydrogen-bond donors (Lipinski definition) is 2. The number of carboxylic acid groups (broad SMARTS) is 1. The molecule has 0 fully saturated rings. The van der Waals surface area contributed by atoms with E-state index in [9.17, 15) is 4.79 Å². The Morgan fingerprint density at radius 3 is 2.37 bits per heavy atom. The van der Waals surface area contributed by atoms with E-state index in [1.807, 2.05) is 60.7 Å². The second kappa shape index (κ2) is 16.0. The van der Waals surface area contributed by atoms with Gasteiger partial charge in [0.15, 0.2) is 5.82 Å². The van der Waals surface area contributed by atoms with Gasteiger partial charge in [-0.05, 0) is 108 Å². The Balaban J connectivity index is 1.12. The quantitative estimate of drug-likeness (QED) is 0.110. The lowest BCUT2D eigenvalue weighted by atomic mass is 10.0. The number of benzene rings is 5. The lowest BCUT2D eigenvalue weighted by Gasteiger charge is -2.16. The predicted molar refractivity (Wildman–Crippen MR) is 200 cm³/mol. The summed E-state index contributed by atoms with van der Waals surface area (Å²) >= 11 is 1.53. The summed E-state index contributed by atoms with van der Waals surface area (Å²) in [7, 11) is 0. The minimum Gasteiger partial charge on any atom is -0.493 e. The molecular formula is C42H40N4O4S. The Morgan fingerprint density at radius 1 is 0.824 bits per heavy atom. The number of aromatic nitrogens is 3. The molecule has 5 aromatic carbocycles. The van der Waals surface area contributed by atoms with Crippen molar-refractivity contribution in [3.8, 4) is 17.2 Å². The fraction of sp³-hybridized carbons (Fsp3) is 0.214. The second-order valence-corrected chi connectivity index (χ2v) is 13.7. The van der Waals surface area contributed by atoms with E-state index in [0.717, 1.165) is 75.6 Å². The van der Waals surface area contributed by atoms with Crippen molar-refractivity contribution >= 4 is 23.4 Å². The molecule has 1 aromatic heterocycles. The molecule has 0 unspecified atom stereocenters. The van der Waals surface area contributed by atoms with Crippen molar-refractivity contribution in [3.63, 3.8) is 0 Å². The van der Waals surface area contributed by atoms with Crippen molar-refractivity contribution in [2.45, 2.75) is 62.2 Å². The Labute approximate surface area is 302 Å². The Morgan fingerprint density at radius 2 is 1.59 bits per heavy atom. The first-order chi connectivity index (χ1) is 25.0. The molecule has 1 aliphatic rings. The summed E-state index contributed by atoms with van der Waals surface area (Å²) < 4.78 is 14.9. The van der Waals surface area contributed by atoms with Crippen LogP contribution in [-0.2, 0) is 43.6 Å². The SMILES string of the molecule is Cc1ccc(OCc2nnc(Sc3ccc(CNc4ccc(CC(=O)O)cc4)c(OCCc4ccccc4)c3)n2-c2ccccc2)c2c1CCC2. The highest BCUT2D eigenvalue weighted by molar-refractivity contribution is 7.99. The molecule has 0 bridgehead atoms. The number of rotatable bonds is 15. The van der Waals surface area contributed by atoms with Gasteiger partial charge in [-0.3, -0.25) is 9.36 Å². The first-order valence-electron chi connectivity index (χ1n) is 17.3. The van der Waals surface area contributed by atoms with Crippen LogP contribution in [0, 0.1) is 6.92 Å². The summed E-state index contributed by atoms with van der Waals surface area (Å²) in [6, 6.07) is 38.4. The van der Waals surface area contributed by atoms with Gasteiger partial charge in [0, 0.05) is 34.8 Å². The van der Waals surface area contributed by atoms with Gasteiger partial charge in [0.1, 0.15) is 18.1 Å². The van der Waals surface area contributed by atoms with Gasteiger partial charge in [0.2, 0.25) is 5.16 Å². The summed E-state index contributed by atoms with van der Waals surface area (Å²) in [5.41, 5.74) is 8.92. The number of aliphatic carboxylic acids is 1. The van der Waals surface area contributed by atoms with Crippen LogP contribution in [0.2, 0.25) is 0 Å². The van der Waals surface area contributed by atoms with E-state index < -0.39 is 5.97 Å². The van der Waals surface area contributed by atoms with Crippen LogP contribution in [0.1, 0.15) is 45.6 Å². The maximum absolute atomic E-state index is 11.1. The summed E-state index contributed by atoms with van der Waals surface area (Å²) in [6.45, 7) is 3.54. The summed E-state index contributed by atoms with van der Waals surface area (Å²) in [4.78, 5) is 12.1. The molecule has 258 valence electrons. The molecule has 1 aliphatic carbocycles. The molecule has 2 N–H and O–H groups in total. The van der Waals surface area contributed by atoms with E-state index >= 15 is 0 Å². The molecule has 0 spiro atoms. The van der Waals surface area contributed by atoms with Gasteiger partial charge in [-0.1, -0.05) is 72.8 Å². The third kappa shape index (κ3) is 8.44. The normalized spacial score (nSPS) is 12.0. The van der Waals surface area contributed by atoms with Crippen LogP contribution in [0.25, 0.3) is 5.69 Å². The average molecular weight is 697 g/mol. The Bertz CT molecular complexity index is 2100. The van der Waals surface area contributed by atoms with Crippen LogP contribution in [0.5, 0.6) is 11.5 Å². The van der Waals surface area contributed by atoms with E-state index in [4.69, 9.17) is 14.6 Å². The van der Waals surface area contributed by atoms with Crippen molar-refractivity contribution in [1.82, 2.24) is 14.8 Å². The molecule has 0 radical (unpaired) electrons. The average Bonchev–Trinajstić information content (AvgIpc) is 3.81. The van der Waals surface area contributed by atoms with Gasteiger partial charge in [0.05, 0.1) is 13.0 Å². The molecule has 9 heteroatoms. The number of aryl methyl sites for hydroxylation is 1. The molecule has 0 atom stereocenters. The van der Waals surface area contributed by atoms with Crippen LogP contribution in [0.4, 0.5) is 5.69 Å². The highest BCUT2D eigenvalue weighted by atomic mass is 32.2. The fourth-order valence-corrected chi connectivity index (χ4v) is 7.34. The fourth-order valence-electron chi connectivity index (χ4n) is 6.45. The van der Waals surface area contributed by atoms with Gasteiger partial charge < -0.3 is 19.9 Å². The van der Waals surface area contributed by atoms with Crippen LogP contribution < -0.4 is 14.8 Å². The number of carboxylic acids is 1. The third-order valence-corrected chi connectivity index (χ3v) is 10.0. The number of fused-ring (bicyclic) bond motifs is 1. The number of carbonyl (C=O) groups is 1. The van der Waals surface area contributed by atoms with Gasteiger partial charge in [0.25, 0.3) is 0 Å². The van der Waals surface area contributed by atoms with Gasteiger partial charge >= 0.3 is 5.97 Å². The zero-order valence-electron chi connectivity index (χ0n) is 28.5. The van der Waals surface area contributed by atoms with Gasteiger partial charge in [-0.15, -0.1) is 10.2 Å². The Kier molecular flexibility index (Phi) is 10.6. The van der Waals surface area contributed by atoms with Crippen molar-refractivity contribution in [1.29, 1.82) is 0 Å². The van der Waals surface area contributed by atoms with Crippen LogP contribution in [-0.4, -0.2) is 32.4 Å². The maximum atomic E-state index is 11.1. The summed E-state index contributed by atoms with van der Waals surface area (Å²) in [5.74, 6) is 1.60.